The number of oxazole rings is 1. The van der Waals surface area contributed by atoms with E-state index in [1.165, 1.54) is 4.68 Å². The number of carbonyl (C=O) groups is 1. The number of carbonyl (C=O) groups excluding carboxylic acids is 1. The minimum atomic E-state index is -0.226. The summed E-state index contributed by atoms with van der Waals surface area (Å²) < 4.78 is 7.18. The third kappa shape index (κ3) is 3.45. The van der Waals surface area contributed by atoms with Crippen molar-refractivity contribution in [1.29, 1.82) is 0 Å². The van der Waals surface area contributed by atoms with Crippen molar-refractivity contribution >= 4 is 27.9 Å². The fourth-order valence-corrected chi connectivity index (χ4v) is 4.00. The van der Waals surface area contributed by atoms with Gasteiger partial charge in [0.05, 0.1) is 17.8 Å². The average Bonchev–Trinajstić information content (AvgIpc) is 3.23. The van der Waals surface area contributed by atoms with Gasteiger partial charge in [-0.3, -0.25) is 9.59 Å². The molecule has 2 aromatic carbocycles. The molecule has 1 unspecified atom stereocenters. The maximum absolute atomic E-state index is 12.8. The zero-order chi connectivity index (χ0) is 20.5. The van der Waals surface area contributed by atoms with Gasteiger partial charge in [-0.1, -0.05) is 29.5 Å². The predicted molar refractivity (Wildman–Crippen MR) is 111 cm³/mol. The van der Waals surface area contributed by atoms with Crippen molar-refractivity contribution in [2.45, 2.75) is 31.7 Å². The van der Waals surface area contributed by atoms with Gasteiger partial charge in [-0.15, -0.1) is 5.10 Å². The summed E-state index contributed by atoms with van der Waals surface area (Å²) in [5.74, 6) is 0.765. The van der Waals surface area contributed by atoms with Crippen molar-refractivity contribution in [3.63, 3.8) is 0 Å². The molecule has 0 saturated carbocycles. The highest BCUT2D eigenvalue weighted by Crippen LogP contribution is 2.29. The molecule has 8 nitrogen and oxygen atoms in total. The van der Waals surface area contributed by atoms with Gasteiger partial charge in [0.15, 0.2) is 11.5 Å². The number of aryl methyl sites for hydroxylation is 1. The fourth-order valence-electron chi connectivity index (χ4n) is 4.00. The lowest BCUT2D eigenvalue weighted by molar-refractivity contribution is -0.132. The average molecular weight is 403 g/mol. The summed E-state index contributed by atoms with van der Waals surface area (Å²) in [6.07, 6.45) is 2.03. The summed E-state index contributed by atoms with van der Waals surface area (Å²) in [5, 5.41) is 8.55. The number of fused-ring (bicyclic) bond motifs is 2. The van der Waals surface area contributed by atoms with Gasteiger partial charge in [0, 0.05) is 19.5 Å². The Morgan fingerprint density at radius 1 is 1.10 bits per heavy atom. The van der Waals surface area contributed by atoms with Crippen LogP contribution in [0.25, 0.3) is 22.0 Å². The van der Waals surface area contributed by atoms with Gasteiger partial charge < -0.3 is 9.32 Å². The Kier molecular flexibility index (Phi) is 4.74. The first-order valence-corrected chi connectivity index (χ1v) is 10.1. The number of hydrogen-bond donors (Lipinski definition) is 0. The molecule has 1 atom stereocenters. The minimum Gasteiger partial charge on any atom is -0.440 e. The molecule has 1 fully saturated rings. The maximum atomic E-state index is 12.8. The first-order valence-electron chi connectivity index (χ1n) is 10.1. The SMILES string of the molecule is O=C(CCn1nnc2ccccc2c1=O)N1CCCC(c2nc3ccccc3o2)C1. The first kappa shape index (κ1) is 18.5. The Hall–Kier alpha value is -3.55. The summed E-state index contributed by atoms with van der Waals surface area (Å²) in [4.78, 5) is 31.8. The van der Waals surface area contributed by atoms with Crippen LogP contribution in [0.2, 0.25) is 0 Å². The molecule has 4 aromatic rings. The quantitative estimate of drug-likeness (QED) is 0.520. The Morgan fingerprint density at radius 2 is 1.90 bits per heavy atom. The summed E-state index contributed by atoms with van der Waals surface area (Å²) in [5.41, 5.74) is 1.94. The molecule has 1 aliphatic heterocycles. The summed E-state index contributed by atoms with van der Waals surface area (Å²) in [6, 6.07) is 14.8. The number of benzene rings is 2. The molecule has 8 heteroatoms. The van der Waals surface area contributed by atoms with Crippen LogP contribution >= 0.6 is 0 Å². The van der Waals surface area contributed by atoms with Gasteiger partial charge in [-0.25, -0.2) is 9.67 Å². The van der Waals surface area contributed by atoms with Gasteiger partial charge in [-0.05, 0) is 37.1 Å². The van der Waals surface area contributed by atoms with Crippen LogP contribution in [0.5, 0.6) is 0 Å². The number of para-hydroxylation sites is 2. The molecular formula is C22H21N5O3. The number of hydrogen-bond acceptors (Lipinski definition) is 6. The lowest BCUT2D eigenvalue weighted by atomic mass is 9.97. The van der Waals surface area contributed by atoms with Crippen molar-refractivity contribution < 1.29 is 9.21 Å². The standard InChI is InChI=1S/C22H21N5O3/c28-20(11-13-27-22(29)16-7-1-2-8-17(16)24-25-27)26-12-5-6-15(14-26)21-23-18-9-3-4-10-19(18)30-21/h1-4,7-10,15H,5-6,11-14H2. The van der Waals surface area contributed by atoms with Crippen LogP contribution in [-0.4, -0.2) is 43.9 Å². The van der Waals surface area contributed by atoms with Crippen molar-refractivity contribution in [1.82, 2.24) is 24.9 Å². The smallest absolute Gasteiger partial charge is 0.277 e. The zero-order valence-corrected chi connectivity index (χ0v) is 16.4. The van der Waals surface area contributed by atoms with Gasteiger partial charge in [-0.2, -0.15) is 0 Å². The molecule has 0 N–H and O–H groups in total. The molecule has 0 radical (unpaired) electrons. The van der Waals surface area contributed by atoms with Crippen LogP contribution in [0.3, 0.4) is 0 Å². The fraction of sp³-hybridized carbons (Fsp3) is 0.318. The normalized spacial score (nSPS) is 16.9. The number of nitrogens with zero attached hydrogens (tertiary/aromatic N) is 5. The molecule has 2 aromatic heterocycles. The molecule has 1 amide bonds. The first-order chi connectivity index (χ1) is 14.7. The van der Waals surface area contributed by atoms with Crippen molar-refractivity contribution in [3.8, 4) is 0 Å². The van der Waals surface area contributed by atoms with Crippen LogP contribution in [-0.2, 0) is 11.3 Å². The molecule has 0 bridgehead atoms. The number of aromatic nitrogens is 4. The third-order valence-corrected chi connectivity index (χ3v) is 5.60. The van der Waals surface area contributed by atoms with E-state index in [0.717, 1.165) is 23.9 Å². The van der Waals surface area contributed by atoms with Crippen molar-refractivity contribution in [3.05, 3.63) is 64.8 Å². The Labute approximate surface area is 172 Å². The Morgan fingerprint density at radius 3 is 2.77 bits per heavy atom. The monoisotopic (exact) mass is 403 g/mol. The van der Waals surface area contributed by atoms with Gasteiger partial charge >= 0.3 is 0 Å². The molecule has 30 heavy (non-hydrogen) atoms. The van der Waals surface area contributed by atoms with E-state index < -0.39 is 0 Å². The van der Waals surface area contributed by atoms with Crippen LogP contribution in [0, 0.1) is 0 Å². The Bertz CT molecular complexity index is 1250. The van der Waals surface area contributed by atoms with E-state index in [-0.39, 0.29) is 30.3 Å². The number of amides is 1. The van der Waals surface area contributed by atoms with Gasteiger partial charge in [0.2, 0.25) is 5.91 Å². The lowest BCUT2D eigenvalue weighted by Crippen LogP contribution is -2.40. The van der Waals surface area contributed by atoms with E-state index in [0.29, 0.717) is 29.9 Å². The molecular weight excluding hydrogens is 382 g/mol. The number of likely N-dealkylation sites (tertiary alicyclic amines) is 1. The largest absolute Gasteiger partial charge is 0.440 e. The Balaban J connectivity index is 1.27. The molecule has 1 aliphatic rings. The summed E-state index contributed by atoms with van der Waals surface area (Å²) >= 11 is 0. The second-order valence-electron chi connectivity index (χ2n) is 7.58. The minimum absolute atomic E-state index is 0.00216. The van der Waals surface area contributed by atoms with E-state index in [9.17, 15) is 9.59 Å². The zero-order valence-electron chi connectivity index (χ0n) is 16.4. The molecule has 5 rings (SSSR count). The molecule has 0 spiro atoms. The predicted octanol–water partition coefficient (Wildman–Crippen LogP) is 2.73. The van der Waals surface area contributed by atoms with Gasteiger partial charge in [0.25, 0.3) is 5.56 Å². The second-order valence-corrected chi connectivity index (χ2v) is 7.58. The van der Waals surface area contributed by atoms with E-state index in [2.05, 4.69) is 15.3 Å². The van der Waals surface area contributed by atoms with E-state index >= 15 is 0 Å². The summed E-state index contributed by atoms with van der Waals surface area (Å²) in [6.45, 7) is 1.48. The second kappa shape index (κ2) is 7.70. The number of piperidine rings is 1. The summed E-state index contributed by atoms with van der Waals surface area (Å²) in [7, 11) is 0. The van der Waals surface area contributed by atoms with Crippen LogP contribution in [0.1, 0.15) is 31.1 Å². The number of rotatable bonds is 4. The van der Waals surface area contributed by atoms with Crippen molar-refractivity contribution in [2.75, 3.05) is 13.1 Å². The van der Waals surface area contributed by atoms with E-state index in [4.69, 9.17) is 4.42 Å². The highest BCUT2D eigenvalue weighted by molar-refractivity contribution is 5.77. The highest BCUT2D eigenvalue weighted by atomic mass is 16.3. The van der Waals surface area contributed by atoms with Gasteiger partial charge in [0.1, 0.15) is 11.0 Å². The maximum Gasteiger partial charge on any atom is 0.277 e. The van der Waals surface area contributed by atoms with Crippen LogP contribution in [0.4, 0.5) is 0 Å². The molecule has 0 aliphatic carbocycles. The molecule has 1 saturated heterocycles. The van der Waals surface area contributed by atoms with E-state index in [1.807, 2.05) is 35.2 Å². The molecule has 152 valence electrons. The topological polar surface area (TPSA) is 94.1 Å². The molecule has 3 heterocycles. The van der Waals surface area contributed by atoms with E-state index in [1.54, 1.807) is 18.2 Å². The van der Waals surface area contributed by atoms with Crippen LogP contribution < -0.4 is 5.56 Å². The third-order valence-electron chi connectivity index (χ3n) is 5.60. The lowest BCUT2D eigenvalue weighted by Gasteiger charge is -2.31. The highest BCUT2D eigenvalue weighted by Gasteiger charge is 2.28. The van der Waals surface area contributed by atoms with Crippen LogP contribution in [0.15, 0.2) is 57.7 Å². The van der Waals surface area contributed by atoms with Crippen molar-refractivity contribution in [2.24, 2.45) is 0 Å².